The van der Waals surface area contributed by atoms with Gasteiger partial charge < -0.3 is 15.1 Å². The average molecular weight is 343 g/mol. The van der Waals surface area contributed by atoms with Crippen molar-refractivity contribution in [1.29, 1.82) is 0 Å². The summed E-state index contributed by atoms with van der Waals surface area (Å²) in [5.41, 5.74) is 3.11. The number of carbonyl (C=O) groups is 3. The Labute approximate surface area is 148 Å². The molecule has 2 aliphatic rings. The highest BCUT2D eigenvalue weighted by atomic mass is 16.2. The Kier molecular flexibility index (Phi) is 5.06. The second kappa shape index (κ2) is 7.25. The number of anilines is 1. The van der Waals surface area contributed by atoms with Gasteiger partial charge in [0.2, 0.25) is 5.91 Å². The summed E-state index contributed by atoms with van der Waals surface area (Å²) >= 11 is 0. The molecule has 1 aliphatic heterocycles. The summed E-state index contributed by atoms with van der Waals surface area (Å²) in [4.78, 5) is 40.2. The molecule has 134 valence electrons. The molecule has 0 spiro atoms. The quantitative estimate of drug-likeness (QED) is 0.829. The van der Waals surface area contributed by atoms with Gasteiger partial charge in [-0.15, -0.1) is 0 Å². The van der Waals surface area contributed by atoms with Gasteiger partial charge in [0.05, 0.1) is 0 Å². The second-order valence-corrected chi connectivity index (χ2v) is 6.99. The van der Waals surface area contributed by atoms with Crippen LogP contribution in [0.25, 0.3) is 0 Å². The molecular formula is C19H25N3O3. The fourth-order valence-electron chi connectivity index (χ4n) is 3.77. The first kappa shape index (κ1) is 17.5. The smallest absolute Gasteiger partial charge is 0.313 e. The number of rotatable bonds is 2. The van der Waals surface area contributed by atoms with Crippen molar-refractivity contribution in [2.75, 3.05) is 26.0 Å². The first-order chi connectivity index (χ1) is 12.0. The van der Waals surface area contributed by atoms with Crippen molar-refractivity contribution in [3.8, 4) is 0 Å². The van der Waals surface area contributed by atoms with Gasteiger partial charge >= 0.3 is 11.8 Å². The normalized spacial score (nSPS) is 19.3. The number of hydrogen-bond donors (Lipinski definition) is 1. The van der Waals surface area contributed by atoms with Gasteiger partial charge in [0.15, 0.2) is 0 Å². The molecule has 0 unspecified atom stereocenters. The molecule has 0 radical (unpaired) electrons. The highest BCUT2D eigenvalue weighted by Gasteiger charge is 2.37. The van der Waals surface area contributed by atoms with Gasteiger partial charge in [-0.1, -0.05) is 12.1 Å². The Morgan fingerprint density at radius 1 is 1.12 bits per heavy atom. The maximum atomic E-state index is 12.6. The largest absolute Gasteiger partial charge is 0.347 e. The van der Waals surface area contributed by atoms with Crippen LogP contribution in [0, 0.1) is 0 Å². The maximum absolute atomic E-state index is 12.6. The Morgan fingerprint density at radius 3 is 2.64 bits per heavy atom. The van der Waals surface area contributed by atoms with Crippen molar-refractivity contribution in [1.82, 2.24) is 9.80 Å². The molecule has 1 aromatic carbocycles. The summed E-state index contributed by atoms with van der Waals surface area (Å²) in [5, 5.41) is 2.78. The lowest BCUT2D eigenvalue weighted by Gasteiger charge is -2.26. The third-order valence-electron chi connectivity index (χ3n) is 5.08. The SMILES string of the molecule is CN(C)C(=O)[C@H]1CCCN1C(=O)C(=O)Nc1cccc2c1CCCC2. The Bertz CT molecular complexity index is 699. The van der Waals surface area contributed by atoms with Crippen molar-refractivity contribution >= 4 is 23.4 Å². The standard InChI is InChI=1S/C19H25N3O3/c1-21(2)18(24)16-11-6-12-22(16)19(25)17(23)20-15-10-5-8-13-7-3-4-9-14(13)15/h5,8,10,16H,3-4,6-7,9,11-12H2,1-2H3,(H,20,23)/t16-/m1/s1. The minimum Gasteiger partial charge on any atom is -0.347 e. The summed E-state index contributed by atoms with van der Waals surface area (Å²) in [7, 11) is 3.33. The van der Waals surface area contributed by atoms with E-state index in [0.717, 1.165) is 43.4 Å². The molecule has 1 aromatic rings. The molecule has 3 amide bonds. The van der Waals surface area contributed by atoms with E-state index < -0.39 is 17.9 Å². The predicted molar refractivity (Wildman–Crippen MR) is 95.1 cm³/mol. The molecule has 1 fully saturated rings. The van der Waals surface area contributed by atoms with Crippen molar-refractivity contribution < 1.29 is 14.4 Å². The highest BCUT2D eigenvalue weighted by molar-refractivity contribution is 6.40. The summed E-state index contributed by atoms with van der Waals surface area (Å²) < 4.78 is 0. The number of carbonyl (C=O) groups excluding carboxylic acids is 3. The molecule has 1 atom stereocenters. The number of benzene rings is 1. The van der Waals surface area contributed by atoms with Gasteiger partial charge in [-0.05, 0) is 55.7 Å². The zero-order valence-corrected chi connectivity index (χ0v) is 14.9. The maximum Gasteiger partial charge on any atom is 0.313 e. The zero-order chi connectivity index (χ0) is 18.0. The number of nitrogens with zero attached hydrogens (tertiary/aromatic N) is 2. The molecule has 0 aromatic heterocycles. The van der Waals surface area contributed by atoms with E-state index in [-0.39, 0.29) is 5.91 Å². The van der Waals surface area contributed by atoms with Crippen LogP contribution in [0.2, 0.25) is 0 Å². The Balaban J connectivity index is 1.73. The fraction of sp³-hybridized carbons (Fsp3) is 0.526. The Hall–Kier alpha value is -2.37. The van der Waals surface area contributed by atoms with E-state index in [4.69, 9.17) is 0 Å². The van der Waals surface area contributed by atoms with E-state index in [9.17, 15) is 14.4 Å². The number of nitrogens with one attached hydrogen (secondary N) is 1. The minimum atomic E-state index is -0.655. The van der Waals surface area contributed by atoms with E-state index in [1.54, 1.807) is 14.1 Å². The summed E-state index contributed by atoms with van der Waals surface area (Å²) in [6, 6.07) is 5.32. The minimum absolute atomic E-state index is 0.129. The van der Waals surface area contributed by atoms with Gasteiger partial charge in [-0.2, -0.15) is 0 Å². The molecule has 0 bridgehead atoms. The van der Waals surface area contributed by atoms with Crippen LogP contribution in [0.1, 0.15) is 36.8 Å². The Morgan fingerprint density at radius 2 is 1.88 bits per heavy atom. The third kappa shape index (κ3) is 3.52. The lowest BCUT2D eigenvalue weighted by Crippen LogP contribution is -2.49. The number of aryl methyl sites for hydroxylation is 1. The lowest BCUT2D eigenvalue weighted by atomic mass is 9.90. The molecule has 1 N–H and O–H groups in total. The second-order valence-electron chi connectivity index (χ2n) is 6.99. The zero-order valence-electron chi connectivity index (χ0n) is 14.9. The molecule has 1 aliphatic carbocycles. The van der Waals surface area contributed by atoms with Crippen LogP contribution >= 0.6 is 0 Å². The van der Waals surface area contributed by atoms with Crippen LogP contribution in [0.4, 0.5) is 5.69 Å². The fourth-order valence-corrected chi connectivity index (χ4v) is 3.77. The molecule has 25 heavy (non-hydrogen) atoms. The first-order valence-corrected chi connectivity index (χ1v) is 8.93. The van der Waals surface area contributed by atoms with E-state index in [1.165, 1.54) is 15.4 Å². The molecule has 1 heterocycles. The highest BCUT2D eigenvalue weighted by Crippen LogP contribution is 2.28. The summed E-state index contributed by atoms with van der Waals surface area (Å²) in [5.74, 6) is -1.40. The molecule has 0 saturated carbocycles. The average Bonchev–Trinajstić information content (AvgIpc) is 3.10. The lowest BCUT2D eigenvalue weighted by molar-refractivity contribution is -0.147. The van der Waals surface area contributed by atoms with Crippen LogP contribution in [0.5, 0.6) is 0 Å². The predicted octanol–water partition coefficient (Wildman–Crippen LogP) is 1.58. The van der Waals surface area contributed by atoms with Crippen LogP contribution in [-0.2, 0) is 27.2 Å². The summed E-state index contributed by atoms with van der Waals surface area (Å²) in [6.45, 7) is 0.448. The summed E-state index contributed by atoms with van der Waals surface area (Å²) in [6.07, 6.45) is 5.54. The molecule has 1 saturated heterocycles. The first-order valence-electron chi connectivity index (χ1n) is 8.93. The van der Waals surface area contributed by atoms with Crippen molar-refractivity contribution in [3.63, 3.8) is 0 Å². The van der Waals surface area contributed by atoms with E-state index in [1.807, 2.05) is 12.1 Å². The van der Waals surface area contributed by atoms with Gasteiger partial charge in [0.25, 0.3) is 0 Å². The van der Waals surface area contributed by atoms with Gasteiger partial charge in [0, 0.05) is 26.3 Å². The van der Waals surface area contributed by atoms with Crippen LogP contribution < -0.4 is 5.32 Å². The van der Waals surface area contributed by atoms with E-state index in [0.29, 0.717) is 13.0 Å². The van der Waals surface area contributed by atoms with Crippen molar-refractivity contribution in [2.45, 2.75) is 44.6 Å². The van der Waals surface area contributed by atoms with Gasteiger partial charge in [-0.3, -0.25) is 14.4 Å². The van der Waals surface area contributed by atoms with Crippen LogP contribution in [0.15, 0.2) is 18.2 Å². The molecule has 3 rings (SSSR count). The van der Waals surface area contributed by atoms with Crippen LogP contribution in [-0.4, -0.2) is 54.2 Å². The number of likely N-dealkylation sites (N-methyl/N-ethyl adjacent to an activating group) is 1. The number of hydrogen-bond acceptors (Lipinski definition) is 3. The van der Waals surface area contributed by atoms with Crippen LogP contribution in [0.3, 0.4) is 0 Å². The molecule has 6 nitrogen and oxygen atoms in total. The van der Waals surface area contributed by atoms with E-state index >= 15 is 0 Å². The molecular weight excluding hydrogens is 318 g/mol. The molecule has 6 heteroatoms. The van der Waals surface area contributed by atoms with Crippen molar-refractivity contribution in [2.24, 2.45) is 0 Å². The number of likely N-dealkylation sites (tertiary alicyclic amines) is 1. The van der Waals surface area contributed by atoms with Gasteiger partial charge in [0.1, 0.15) is 6.04 Å². The third-order valence-corrected chi connectivity index (χ3v) is 5.08. The van der Waals surface area contributed by atoms with Gasteiger partial charge in [-0.25, -0.2) is 0 Å². The van der Waals surface area contributed by atoms with Crippen molar-refractivity contribution in [3.05, 3.63) is 29.3 Å². The monoisotopic (exact) mass is 343 g/mol. The number of amides is 3. The van der Waals surface area contributed by atoms with E-state index in [2.05, 4.69) is 11.4 Å². The topological polar surface area (TPSA) is 69.7 Å². The number of fused-ring (bicyclic) bond motifs is 1.